The third-order valence-corrected chi connectivity index (χ3v) is 4.17. The topological polar surface area (TPSA) is 38.3 Å². The van der Waals surface area contributed by atoms with Crippen molar-refractivity contribution in [3.8, 4) is 5.75 Å². The summed E-state index contributed by atoms with van der Waals surface area (Å²) in [4.78, 5) is 13.1. The second-order valence-electron chi connectivity index (χ2n) is 4.80. The van der Waals surface area contributed by atoms with Crippen molar-refractivity contribution in [2.45, 2.75) is 17.9 Å². The number of carbonyl (C=O) groups excluding carboxylic acids is 1. The van der Waals surface area contributed by atoms with Crippen LogP contribution in [0.25, 0.3) is 0 Å². The monoisotopic (exact) mass is 335 g/mol. The van der Waals surface area contributed by atoms with Gasteiger partial charge in [0.15, 0.2) is 6.61 Å². The smallest absolute Gasteiger partial charge is 0.258 e. The minimum Gasteiger partial charge on any atom is -0.484 e. The highest BCUT2D eigenvalue weighted by atomic mass is 35.5. The van der Waals surface area contributed by atoms with Crippen LogP contribution in [0.1, 0.15) is 18.5 Å². The minimum atomic E-state index is -0.156. The Bertz CT molecular complexity index is 614. The van der Waals surface area contributed by atoms with Gasteiger partial charge in [-0.05, 0) is 55.1 Å². The van der Waals surface area contributed by atoms with Crippen molar-refractivity contribution in [1.29, 1.82) is 0 Å². The van der Waals surface area contributed by atoms with Crippen molar-refractivity contribution in [3.05, 3.63) is 59.1 Å². The first-order valence-corrected chi connectivity index (χ1v) is 8.50. The number of rotatable bonds is 6. The Balaban J connectivity index is 1.83. The first kappa shape index (κ1) is 16.7. The predicted octanol–water partition coefficient (Wildman–Crippen LogP) is 4.32. The van der Waals surface area contributed by atoms with Crippen molar-refractivity contribution in [3.63, 3.8) is 0 Å². The number of ether oxygens (including phenoxy) is 1. The zero-order valence-corrected chi connectivity index (χ0v) is 14.1. The third-order valence-electron chi connectivity index (χ3n) is 3.18. The van der Waals surface area contributed by atoms with E-state index in [1.54, 1.807) is 11.8 Å². The lowest BCUT2D eigenvalue weighted by atomic mass is 10.1. The van der Waals surface area contributed by atoms with E-state index in [0.29, 0.717) is 10.8 Å². The Kier molecular flexibility index (Phi) is 6.16. The summed E-state index contributed by atoms with van der Waals surface area (Å²) in [7, 11) is 0. The van der Waals surface area contributed by atoms with Crippen molar-refractivity contribution < 1.29 is 9.53 Å². The molecule has 0 aliphatic carbocycles. The molecule has 1 N–H and O–H groups in total. The van der Waals surface area contributed by atoms with E-state index in [-0.39, 0.29) is 18.6 Å². The van der Waals surface area contributed by atoms with Gasteiger partial charge in [-0.15, -0.1) is 11.8 Å². The predicted molar refractivity (Wildman–Crippen MR) is 91.7 cm³/mol. The Morgan fingerprint density at radius 1 is 1.18 bits per heavy atom. The highest BCUT2D eigenvalue weighted by Crippen LogP contribution is 2.19. The molecular weight excluding hydrogens is 318 g/mol. The Morgan fingerprint density at radius 2 is 1.82 bits per heavy atom. The van der Waals surface area contributed by atoms with Crippen molar-refractivity contribution >= 4 is 29.3 Å². The second kappa shape index (κ2) is 8.11. The van der Waals surface area contributed by atoms with E-state index in [1.165, 1.54) is 0 Å². The molecule has 22 heavy (non-hydrogen) atoms. The molecule has 0 spiro atoms. The molecule has 0 radical (unpaired) electrons. The zero-order chi connectivity index (χ0) is 15.9. The number of thioether (sulfide) groups is 1. The maximum absolute atomic E-state index is 11.9. The van der Waals surface area contributed by atoms with Gasteiger partial charge in [-0.2, -0.15) is 0 Å². The fourth-order valence-corrected chi connectivity index (χ4v) is 2.47. The molecule has 1 amide bonds. The number of halogens is 1. The zero-order valence-electron chi connectivity index (χ0n) is 12.5. The van der Waals surface area contributed by atoms with Gasteiger partial charge in [-0.1, -0.05) is 23.7 Å². The Morgan fingerprint density at radius 3 is 2.41 bits per heavy atom. The van der Waals surface area contributed by atoms with E-state index in [2.05, 4.69) is 5.32 Å². The molecule has 0 fully saturated rings. The average Bonchev–Trinajstić information content (AvgIpc) is 2.54. The molecule has 1 atom stereocenters. The van der Waals surface area contributed by atoms with Crippen LogP contribution in [0.5, 0.6) is 5.75 Å². The molecule has 2 rings (SSSR count). The molecule has 2 aromatic rings. The molecular formula is C17H18ClNO2S. The van der Waals surface area contributed by atoms with Gasteiger partial charge in [0.25, 0.3) is 5.91 Å². The van der Waals surface area contributed by atoms with Gasteiger partial charge in [-0.25, -0.2) is 0 Å². The molecule has 116 valence electrons. The van der Waals surface area contributed by atoms with Crippen LogP contribution in [-0.2, 0) is 4.79 Å². The summed E-state index contributed by atoms with van der Waals surface area (Å²) < 4.78 is 5.48. The fourth-order valence-electron chi connectivity index (χ4n) is 1.94. The normalized spacial score (nSPS) is 11.8. The van der Waals surface area contributed by atoms with Gasteiger partial charge in [0.1, 0.15) is 5.75 Å². The van der Waals surface area contributed by atoms with E-state index in [1.807, 2.05) is 61.7 Å². The molecule has 0 aliphatic rings. The van der Waals surface area contributed by atoms with E-state index >= 15 is 0 Å². The molecule has 0 bridgehead atoms. The molecule has 0 saturated heterocycles. The number of hydrogen-bond acceptors (Lipinski definition) is 3. The molecule has 2 aromatic carbocycles. The number of carbonyl (C=O) groups is 1. The largest absolute Gasteiger partial charge is 0.484 e. The highest BCUT2D eigenvalue weighted by molar-refractivity contribution is 7.98. The van der Waals surface area contributed by atoms with Gasteiger partial charge in [-0.3, -0.25) is 4.79 Å². The lowest BCUT2D eigenvalue weighted by molar-refractivity contribution is -0.123. The molecule has 5 heteroatoms. The van der Waals surface area contributed by atoms with Crippen LogP contribution < -0.4 is 10.1 Å². The Labute approximate surface area is 140 Å². The van der Waals surface area contributed by atoms with E-state index < -0.39 is 0 Å². The van der Waals surface area contributed by atoms with Gasteiger partial charge in [0.05, 0.1) is 6.04 Å². The summed E-state index contributed by atoms with van der Waals surface area (Å²) in [6, 6.07) is 15.0. The van der Waals surface area contributed by atoms with Gasteiger partial charge in [0.2, 0.25) is 0 Å². The van der Waals surface area contributed by atoms with Crippen LogP contribution in [0.4, 0.5) is 0 Å². The van der Waals surface area contributed by atoms with Gasteiger partial charge in [0, 0.05) is 9.92 Å². The van der Waals surface area contributed by atoms with Gasteiger partial charge >= 0.3 is 0 Å². The standard InChI is InChI=1S/C17H18ClNO2S/c1-12(13-3-5-14(18)6-4-13)19-17(20)11-21-15-7-9-16(22-2)10-8-15/h3-10,12H,11H2,1-2H3,(H,19,20). The van der Waals surface area contributed by atoms with Crippen molar-refractivity contribution in [2.24, 2.45) is 0 Å². The molecule has 0 aliphatic heterocycles. The highest BCUT2D eigenvalue weighted by Gasteiger charge is 2.10. The number of benzene rings is 2. The third kappa shape index (κ3) is 4.97. The summed E-state index contributed by atoms with van der Waals surface area (Å²) in [5.41, 5.74) is 1.00. The second-order valence-corrected chi connectivity index (χ2v) is 6.12. The van der Waals surface area contributed by atoms with E-state index in [9.17, 15) is 4.79 Å². The number of nitrogens with one attached hydrogen (secondary N) is 1. The molecule has 3 nitrogen and oxygen atoms in total. The summed E-state index contributed by atoms with van der Waals surface area (Å²) in [6.07, 6.45) is 2.02. The maximum atomic E-state index is 11.9. The number of hydrogen-bond donors (Lipinski definition) is 1. The SMILES string of the molecule is CSc1ccc(OCC(=O)NC(C)c2ccc(Cl)cc2)cc1. The van der Waals surface area contributed by atoms with Crippen LogP contribution in [0.2, 0.25) is 5.02 Å². The molecule has 0 aromatic heterocycles. The van der Waals surface area contributed by atoms with E-state index in [0.717, 1.165) is 10.5 Å². The fraction of sp³-hybridized carbons (Fsp3) is 0.235. The van der Waals surface area contributed by atoms with Crippen LogP contribution in [0, 0.1) is 0 Å². The van der Waals surface area contributed by atoms with Crippen LogP contribution in [0.15, 0.2) is 53.4 Å². The first-order chi connectivity index (χ1) is 10.6. The summed E-state index contributed by atoms with van der Waals surface area (Å²) >= 11 is 7.52. The quantitative estimate of drug-likeness (QED) is 0.799. The molecule has 0 saturated carbocycles. The summed E-state index contributed by atoms with van der Waals surface area (Å²) in [6.45, 7) is 1.92. The van der Waals surface area contributed by atoms with Crippen LogP contribution >= 0.6 is 23.4 Å². The minimum absolute atomic E-state index is 0.00343. The Hall–Kier alpha value is -1.65. The van der Waals surface area contributed by atoms with Crippen LogP contribution in [0.3, 0.4) is 0 Å². The lowest BCUT2D eigenvalue weighted by Crippen LogP contribution is -2.31. The number of amides is 1. The summed E-state index contributed by atoms with van der Waals surface area (Å²) in [5, 5.41) is 3.58. The van der Waals surface area contributed by atoms with Crippen molar-refractivity contribution in [2.75, 3.05) is 12.9 Å². The van der Waals surface area contributed by atoms with E-state index in [4.69, 9.17) is 16.3 Å². The average molecular weight is 336 g/mol. The summed E-state index contributed by atoms with van der Waals surface area (Å²) in [5.74, 6) is 0.531. The molecule has 0 heterocycles. The molecule has 1 unspecified atom stereocenters. The lowest BCUT2D eigenvalue weighted by Gasteiger charge is -2.15. The first-order valence-electron chi connectivity index (χ1n) is 6.90. The maximum Gasteiger partial charge on any atom is 0.258 e. The van der Waals surface area contributed by atoms with Crippen molar-refractivity contribution in [1.82, 2.24) is 5.32 Å². The van der Waals surface area contributed by atoms with Gasteiger partial charge < -0.3 is 10.1 Å². The van der Waals surface area contributed by atoms with Crippen LogP contribution in [-0.4, -0.2) is 18.8 Å².